The molecule has 0 unspecified atom stereocenters. The molecule has 0 saturated heterocycles. The number of rotatable bonds is 0. The van der Waals surface area contributed by atoms with Gasteiger partial charge in [-0.05, 0) is 12.8 Å². The smallest absolute Gasteiger partial charge is 0.0834 e. The lowest BCUT2D eigenvalue weighted by atomic mass is 9.87. The molecule has 0 radical (unpaired) electrons. The van der Waals surface area contributed by atoms with Gasteiger partial charge in [0.2, 0.25) is 0 Å². The van der Waals surface area contributed by atoms with E-state index in [1.54, 1.807) is 0 Å². The Balaban J connectivity index is 2.34. The average Bonchev–Trinajstić information content (AvgIpc) is 1.16. The molecule has 1 fully saturated rings. The van der Waals surface area contributed by atoms with Crippen LogP contribution in [0.2, 0.25) is 0 Å². The molecule has 8 heavy (non-hydrogen) atoms. The van der Waals surface area contributed by atoms with Crippen molar-refractivity contribution in [2.75, 3.05) is 0 Å². The molecule has 0 aliphatic heterocycles. The zero-order valence-corrected chi connectivity index (χ0v) is 6.60. The number of alkyl halides is 3. The molecule has 0 nitrogen and oxygen atoms in total. The third kappa shape index (κ3) is 1.43. The fourth-order valence-electron chi connectivity index (χ4n) is 0.736. The normalized spacial score (nSPS) is 22.9. The summed E-state index contributed by atoms with van der Waals surface area (Å²) in [5.74, 6) is 0.326. The first-order valence-electron chi connectivity index (χ1n) is 2.67. The van der Waals surface area contributed by atoms with E-state index in [9.17, 15) is 0 Å². The minimum absolute atomic E-state index is 0.326. The largest absolute Gasteiger partial charge is 0.193 e. The van der Waals surface area contributed by atoms with E-state index in [1.165, 1.54) is 6.42 Å². The second kappa shape index (κ2) is 2.24. The van der Waals surface area contributed by atoms with Crippen LogP contribution < -0.4 is 0 Å². The molecule has 0 aromatic carbocycles. The third-order valence-electron chi connectivity index (χ3n) is 1.57. The van der Waals surface area contributed by atoms with Gasteiger partial charge >= 0.3 is 0 Å². The van der Waals surface area contributed by atoms with Crippen molar-refractivity contribution < 1.29 is 0 Å². The Labute approximate surface area is 64.1 Å². The topological polar surface area (TPSA) is 0 Å². The quantitative estimate of drug-likeness (QED) is 0.494. The second-order valence-corrected chi connectivity index (χ2v) is 4.54. The van der Waals surface area contributed by atoms with Gasteiger partial charge in [0, 0.05) is 5.92 Å². The monoisotopic (exact) mass is 172 g/mol. The van der Waals surface area contributed by atoms with Gasteiger partial charge in [-0.2, -0.15) is 0 Å². The van der Waals surface area contributed by atoms with Crippen LogP contribution in [0, 0.1) is 5.92 Å². The van der Waals surface area contributed by atoms with Crippen LogP contribution in [-0.4, -0.2) is 3.79 Å². The molecule has 1 saturated carbocycles. The molecule has 0 atom stereocenters. The molecule has 48 valence electrons. The highest BCUT2D eigenvalue weighted by Crippen LogP contribution is 2.45. The summed E-state index contributed by atoms with van der Waals surface area (Å²) < 4.78 is -0.988. The first kappa shape index (κ1) is 6.98. The molecule has 0 spiro atoms. The number of hydrogen-bond acceptors (Lipinski definition) is 0. The summed E-state index contributed by atoms with van der Waals surface area (Å²) in [6.45, 7) is 0. The van der Waals surface area contributed by atoms with Crippen LogP contribution in [0.3, 0.4) is 0 Å². The van der Waals surface area contributed by atoms with Crippen molar-refractivity contribution in [2.24, 2.45) is 5.92 Å². The van der Waals surface area contributed by atoms with E-state index in [0.29, 0.717) is 5.92 Å². The van der Waals surface area contributed by atoms with E-state index in [-0.39, 0.29) is 0 Å². The van der Waals surface area contributed by atoms with Crippen molar-refractivity contribution in [3.05, 3.63) is 0 Å². The molecular formula is C5H7Cl3. The van der Waals surface area contributed by atoms with Gasteiger partial charge in [0.15, 0.2) is 3.79 Å². The Morgan fingerprint density at radius 1 is 1.12 bits per heavy atom. The van der Waals surface area contributed by atoms with E-state index in [1.807, 2.05) is 0 Å². The molecule has 1 aliphatic rings. The molecule has 0 amide bonds. The third-order valence-corrected chi connectivity index (χ3v) is 2.49. The highest BCUT2D eigenvalue weighted by Gasteiger charge is 2.36. The van der Waals surface area contributed by atoms with Crippen LogP contribution in [0.15, 0.2) is 0 Å². The SMILES string of the molecule is ClC(Cl)(Cl)C1CCC1. The van der Waals surface area contributed by atoms with Gasteiger partial charge in [0.25, 0.3) is 0 Å². The molecule has 0 bridgehead atoms. The summed E-state index contributed by atoms with van der Waals surface area (Å²) in [5.41, 5.74) is 0. The first-order valence-corrected chi connectivity index (χ1v) is 3.81. The maximum Gasteiger partial charge on any atom is 0.193 e. The Kier molecular flexibility index (Phi) is 1.96. The summed E-state index contributed by atoms with van der Waals surface area (Å²) in [6, 6.07) is 0. The molecule has 0 aromatic rings. The molecule has 0 N–H and O–H groups in total. The highest BCUT2D eigenvalue weighted by atomic mass is 35.6. The lowest BCUT2D eigenvalue weighted by Gasteiger charge is -2.31. The Hall–Kier alpha value is 0.870. The van der Waals surface area contributed by atoms with Gasteiger partial charge in [-0.3, -0.25) is 0 Å². The van der Waals surface area contributed by atoms with E-state index >= 15 is 0 Å². The Bertz CT molecular complexity index is 80.2. The second-order valence-electron chi connectivity index (χ2n) is 2.17. The summed E-state index contributed by atoms with van der Waals surface area (Å²) in [6.07, 6.45) is 3.38. The number of halogens is 3. The fraction of sp³-hybridized carbons (Fsp3) is 1.00. The zero-order valence-electron chi connectivity index (χ0n) is 4.33. The van der Waals surface area contributed by atoms with Gasteiger partial charge in [0.05, 0.1) is 0 Å². The van der Waals surface area contributed by atoms with Crippen molar-refractivity contribution in [2.45, 2.75) is 23.1 Å². The van der Waals surface area contributed by atoms with Crippen molar-refractivity contribution in [1.29, 1.82) is 0 Å². The first-order chi connectivity index (χ1) is 3.61. The van der Waals surface area contributed by atoms with Crippen LogP contribution in [0.5, 0.6) is 0 Å². The van der Waals surface area contributed by atoms with Gasteiger partial charge < -0.3 is 0 Å². The van der Waals surface area contributed by atoms with Crippen molar-refractivity contribution >= 4 is 34.8 Å². The fourth-order valence-corrected chi connectivity index (χ4v) is 1.39. The molecule has 1 rings (SSSR count). The van der Waals surface area contributed by atoms with Crippen LogP contribution in [0.25, 0.3) is 0 Å². The Morgan fingerprint density at radius 3 is 1.62 bits per heavy atom. The molecule has 0 heterocycles. The number of hydrogen-bond donors (Lipinski definition) is 0. The van der Waals surface area contributed by atoms with Crippen LogP contribution in [0.4, 0.5) is 0 Å². The predicted molar refractivity (Wildman–Crippen MR) is 37.6 cm³/mol. The molecular weight excluding hydrogens is 166 g/mol. The van der Waals surface area contributed by atoms with Gasteiger partial charge in [0.1, 0.15) is 0 Å². The maximum absolute atomic E-state index is 5.57. The van der Waals surface area contributed by atoms with E-state index in [4.69, 9.17) is 34.8 Å². The van der Waals surface area contributed by atoms with E-state index in [2.05, 4.69) is 0 Å². The van der Waals surface area contributed by atoms with Crippen LogP contribution in [-0.2, 0) is 0 Å². The minimum Gasteiger partial charge on any atom is -0.0834 e. The molecule has 1 aliphatic carbocycles. The summed E-state index contributed by atoms with van der Waals surface area (Å²) in [4.78, 5) is 0. The van der Waals surface area contributed by atoms with Crippen LogP contribution >= 0.6 is 34.8 Å². The van der Waals surface area contributed by atoms with Crippen LogP contribution in [0.1, 0.15) is 19.3 Å². The lowest BCUT2D eigenvalue weighted by Crippen LogP contribution is -2.25. The Morgan fingerprint density at radius 2 is 1.62 bits per heavy atom. The van der Waals surface area contributed by atoms with E-state index < -0.39 is 3.79 Å². The average molecular weight is 173 g/mol. The lowest BCUT2D eigenvalue weighted by molar-refractivity contribution is 0.321. The van der Waals surface area contributed by atoms with Crippen molar-refractivity contribution in [1.82, 2.24) is 0 Å². The predicted octanol–water partition coefficient (Wildman–Crippen LogP) is 3.16. The summed E-state index contributed by atoms with van der Waals surface area (Å²) in [5, 5.41) is 0. The summed E-state index contributed by atoms with van der Waals surface area (Å²) in [7, 11) is 0. The van der Waals surface area contributed by atoms with E-state index in [0.717, 1.165) is 12.8 Å². The van der Waals surface area contributed by atoms with Gasteiger partial charge in [-0.25, -0.2) is 0 Å². The standard InChI is InChI=1S/C5H7Cl3/c6-5(7,8)4-2-1-3-4/h4H,1-3H2. The van der Waals surface area contributed by atoms with Crippen molar-refractivity contribution in [3.63, 3.8) is 0 Å². The van der Waals surface area contributed by atoms with Gasteiger partial charge in [-0.1, -0.05) is 41.2 Å². The zero-order chi connectivity index (χ0) is 6.20. The maximum atomic E-state index is 5.57. The molecule has 0 aromatic heterocycles. The summed E-state index contributed by atoms with van der Waals surface area (Å²) >= 11 is 16.7. The molecule has 3 heteroatoms. The van der Waals surface area contributed by atoms with Gasteiger partial charge in [-0.15, -0.1) is 0 Å². The van der Waals surface area contributed by atoms with Crippen molar-refractivity contribution in [3.8, 4) is 0 Å². The minimum atomic E-state index is -0.988. The highest BCUT2D eigenvalue weighted by molar-refractivity contribution is 6.67.